The lowest BCUT2D eigenvalue weighted by Gasteiger charge is -2.11. The highest BCUT2D eigenvalue weighted by atomic mass is 32.2. The molecule has 1 atom stereocenters. The van der Waals surface area contributed by atoms with Crippen molar-refractivity contribution in [3.05, 3.63) is 11.8 Å². The van der Waals surface area contributed by atoms with Crippen molar-refractivity contribution < 1.29 is 9.90 Å². The van der Waals surface area contributed by atoms with Crippen LogP contribution < -0.4 is 0 Å². The Bertz CT molecular complexity index is 184. The van der Waals surface area contributed by atoms with Gasteiger partial charge >= 0.3 is 0 Å². The molecule has 0 spiro atoms. The van der Waals surface area contributed by atoms with Gasteiger partial charge in [-0.2, -0.15) is 0 Å². The Morgan fingerprint density at radius 2 is 2.30 bits per heavy atom. The van der Waals surface area contributed by atoms with E-state index in [9.17, 15) is 4.79 Å². The first-order chi connectivity index (χ1) is 4.61. The number of aliphatic hydroxyl groups is 1. The number of hydrogen-bond acceptors (Lipinski definition) is 3. The summed E-state index contributed by atoms with van der Waals surface area (Å²) in [4.78, 5) is 10.7. The minimum atomic E-state index is -0.0313. The van der Waals surface area contributed by atoms with E-state index in [1.165, 1.54) is 17.8 Å². The average Bonchev–Trinajstić information content (AvgIpc) is 2.10. The molecule has 0 saturated carbocycles. The number of rotatable bonds is 1. The van der Waals surface area contributed by atoms with Crippen LogP contribution in [0.3, 0.4) is 0 Å². The molecule has 0 aliphatic carbocycles. The first-order valence-electron chi connectivity index (χ1n) is 3.22. The van der Waals surface area contributed by atoms with Crippen molar-refractivity contribution in [2.45, 2.75) is 19.1 Å². The lowest BCUT2D eigenvalue weighted by molar-refractivity contribution is -0.106. The van der Waals surface area contributed by atoms with Crippen LogP contribution in [0.1, 0.15) is 13.8 Å². The predicted octanol–water partition coefficient (Wildman–Crippen LogP) is 1.73. The van der Waals surface area contributed by atoms with Gasteiger partial charge in [-0.25, -0.2) is 0 Å². The molecule has 2 nitrogen and oxygen atoms in total. The topological polar surface area (TPSA) is 37.3 Å². The van der Waals surface area contributed by atoms with Gasteiger partial charge < -0.3 is 5.11 Å². The minimum Gasteiger partial charge on any atom is -0.511 e. The van der Waals surface area contributed by atoms with Crippen LogP contribution in [0.5, 0.6) is 0 Å². The summed E-state index contributed by atoms with van der Waals surface area (Å²) in [6, 6.07) is 0. The quantitative estimate of drug-likeness (QED) is 0.631. The fraction of sp³-hybridized carbons (Fsp3) is 0.571. The zero-order chi connectivity index (χ0) is 7.72. The summed E-state index contributed by atoms with van der Waals surface area (Å²) in [6.07, 6.45) is 1.30. The second-order valence-corrected chi connectivity index (χ2v) is 3.82. The molecular formula is C7H10O2S. The van der Waals surface area contributed by atoms with E-state index in [4.69, 9.17) is 5.11 Å². The van der Waals surface area contributed by atoms with Crippen LogP contribution >= 0.6 is 11.8 Å². The molecule has 0 aromatic heterocycles. The van der Waals surface area contributed by atoms with Crippen LogP contribution in [0.2, 0.25) is 0 Å². The summed E-state index contributed by atoms with van der Waals surface area (Å²) in [5.74, 6) is 0.553. The highest BCUT2D eigenvalue weighted by molar-refractivity contribution is 8.15. The molecular weight excluding hydrogens is 148 g/mol. The lowest BCUT2D eigenvalue weighted by Crippen LogP contribution is -2.10. The maximum absolute atomic E-state index is 10.7. The summed E-state index contributed by atoms with van der Waals surface area (Å²) < 4.78 is 0. The van der Waals surface area contributed by atoms with Crippen LogP contribution in [0.4, 0.5) is 0 Å². The molecule has 0 radical (unpaired) electrons. The van der Waals surface area contributed by atoms with Gasteiger partial charge in [0.25, 0.3) is 0 Å². The number of aliphatic hydroxyl groups excluding tert-OH is 1. The Hall–Kier alpha value is -0.440. The van der Waals surface area contributed by atoms with Crippen LogP contribution in [0, 0.1) is 5.92 Å². The number of carbonyl (C=O) groups is 1. The molecule has 1 aliphatic rings. The van der Waals surface area contributed by atoms with E-state index in [0.29, 0.717) is 5.92 Å². The van der Waals surface area contributed by atoms with E-state index in [0.717, 1.165) is 0 Å². The zero-order valence-corrected chi connectivity index (χ0v) is 6.81. The molecule has 0 saturated heterocycles. The molecule has 10 heavy (non-hydrogen) atoms. The molecule has 1 rings (SSSR count). The van der Waals surface area contributed by atoms with E-state index in [-0.39, 0.29) is 16.1 Å². The third-order valence-corrected chi connectivity index (χ3v) is 2.80. The number of carbonyl (C=O) groups excluding carboxylic acids is 1. The van der Waals surface area contributed by atoms with Gasteiger partial charge in [-0.1, -0.05) is 25.6 Å². The largest absolute Gasteiger partial charge is 0.511 e. The standard InChI is InChI=1S/C7H10O2S/c1-4(2)7-5(8)3-6(9)10-7/h3-4,7-8H,1-2H3. The SMILES string of the molecule is CC(C)C1SC(=O)C=C1O. The van der Waals surface area contributed by atoms with E-state index in [1.54, 1.807) is 0 Å². The van der Waals surface area contributed by atoms with E-state index in [1.807, 2.05) is 13.8 Å². The molecule has 1 N–H and O–H groups in total. The first kappa shape index (κ1) is 7.66. The van der Waals surface area contributed by atoms with Crippen LogP contribution in [-0.2, 0) is 4.79 Å². The number of thioether (sulfide) groups is 1. The Morgan fingerprint density at radius 1 is 1.70 bits per heavy atom. The fourth-order valence-corrected chi connectivity index (χ4v) is 1.80. The van der Waals surface area contributed by atoms with Crippen molar-refractivity contribution in [1.29, 1.82) is 0 Å². The zero-order valence-electron chi connectivity index (χ0n) is 6.00. The van der Waals surface area contributed by atoms with Crippen molar-refractivity contribution in [2.24, 2.45) is 5.92 Å². The lowest BCUT2D eigenvalue weighted by atomic mass is 10.1. The van der Waals surface area contributed by atoms with E-state index in [2.05, 4.69) is 0 Å². The van der Waals surface area contributed by atoms with Gasteiger partial charge in [0.05, 0.1) is 5.25 Å². The molecule has 56 valence electrons. The van der Waals surface area contributed by atoms with Crippen molar-refractivity contribution in [1.82, 2.24) is 0 Å². The predicted molar refractivity (Wildman–Crippen MR) is 41.9 cm³/mol. The maximum atomic E-state index is 10.7. The summed E-state index contributed by atoms with van der Waals surface area (Å²) in [5, 5.41) is 9.11. The van der Waals surface area contributed by atoms with Gasteiger partial charge in [0, 0.05) is 6.08 Å². The highest BCUT2D eigenvalue weighted by Gasteiger charge is 2.27. The van der Waals surface area contributed by atoms with Crippen molar-refractivity contribution >= 4 is 16.9 Å². The number of hydrogen-bond donors (Lipinski definition) is 1. The van der Waals surface area contributed by atoms with Gasteiger partial charge in [0.2, 0.25) is 5.12 Å². The molecule has 0 amide bonds. The first-order valence-corrected chi connectivity index (χ1v) is 4.10. The summed E-state index contributed by atoms with van der Waals surface area (Å²) in [6.45, 7) is 3.97. The molecule has 0 aromatic rings. The average molecular weight is 158 g/mol. The second-order valence-electron chi connectivity index (χ2n) is 2.67. The van der Waals surface area contributed by atoms with Gasteiger partial charge in [-0.05, 0) is 5.92 Å². The Kier molecular flexibility index (Phi) is 2.04. The monoisotopic (exact) mass is 158 g/mol. The maximum Gasteiger partial charge on any atom is 0.216 e. The highest BCUT2D eigenvalue weighted by Crippen LogP contribution is 2.31. The molecule has 1 heterocycles. The second kappa shape index (κ2) is 2.66. The molecule has 1 aliphatic heterocycles. The van der Waals surface area contributed by atoms with Gasteiger partial charge in [0.1, 0.15) is 5.76 Å². The fourth-order valence-electron chi connectivity index (χ4n) is 0.900. The third-order valence-electron chi connectivity index (χ3n) is 1.41. The summed E-state index contributed by atoms with van der Waals surface area (Å²) >= 11 is 1.20. The third kappa shape index (κ3) is 1.34. The summed E-state index contributed by atoms with van der Waals surface area (Å²) in [7, 11) is 0. The summed E-state index contributed by atoms with van der Waals surface area (Å²) in [5.41, 5.74) is 0. The molecule has 3 heteroatoms. The van der Waals surface area contributed by atoms with Crippen molar-refractivity contribution in [3.63, 3.8) is 0 Å². The van der Waals surface area contributed by atoms with Crippen LogP contribution in [0.15, 0.2) is 11.8 Å². The normalized spacial score (nSPS) is 25.7. The molecule has 0 aromatic carbocycles. The molecule has 1 unspecified atom stereocenters. The van der Waals surface area contributed by atoms with Crippen molar-refractivity contribution in [3.8, 4) is 0 Å². The Balaban J connectivity index is 2.68. The Labute approximate surface area is 64.3 Å². The molecule has 0 fully saturated rings. The van der Waals surface area contributed by atoms with Gasteiger partial charge in [0.15, 0.2) is 0 Å². The minimum absolute atomic E-state index is 0.00694. The van der Waals surface area contributed by atoms with E-state index < -0.39 is 0 Å². The van der Waals surface area contributed by atoms with Crippen LogP contribution in [0.25, 0.3) is 0 Å². The van der Waals surface area contributed by atoms with Gasteiger partial charge in [-0.15, -0.1) is 0 Å². The van der Waals surface area contributed by atoms with Crippen LogP contribution in [-0.4, -0.2) is 15.5 Å². The van der Waals surface area contributed by atoms with Gasteiger partial charge in [-0.3, -0.25) is 4.79 Å². The smallest absolute Gasteiger partial charge is 0.216 e. The molecule has 0 bridgehead atoms. The van der Waals surface area contributed by atoms with E-state index >= 15 is 0 Å². The Morgan fingerprint density at radius 3 is 2.50 bits per heavy atom. The van der Waals surface area contributed by atoms with Crippen molar-refractivity contribution in [2.75, 3.05) is 0 Å².